The van der Waals surface area contributed by atoms with E-state index in [4.69, 9.17) is 27.0 Å². The van der Waals surface area contributed by atoms with Gasteiger partial charge in [-0.05, 0) is 0 Å². The Labute approximate surface area is 81.1 Å². The summed E-state index contributed by atoms with van der Waals surface area (Å²) >= 11 is 0. The van der Waals surface area contributed by atoms with Crippen molar-refractivity contribution in [3.63, 3.8) is 0 Å². The van der Waals surface area contributed by atoms with E-state index in [1.165, 1.54) is 7.11 Å². The van der Waals surface area contributed by atoms with Crippen molar-refractivity contribution in [3.05, 3.63) is 0 Å². The summed E-state index contributed by atoms with van der Waals surface area (Å²) in [5, 5.41) is 0. The van der Waals surface area contributed by atoms with E-state index >= 15 is 0 Å². The van der Waals surface area contributed by atoms with Gasteiger partial charge < -0.3 is 35.3 Å². The van der Waals surface area contributed by atoms with Gasteiger partial charge in [-0.3, -0.25) is 0 Å². The lowest BCUT2D eigenvalue weighted by atomic mass is 11.8. The van der Waals surface area contributed by atoms with Crippen LogP contribution in [0.2, 0.25) is 0 Å². The highest BCUT2D eigenvalue weighted by molar-refractivity contribution is 6.65. The van der Waals surface area contributed by atoms with Crippen molar-refractivity contribution >= 4 is 38.1 Å². The molecule has 12 heteroatoms. The summed E-state index contributed by atoms with van der Waals surface area (Å²) in [7, 11) is -10.0. The number of hydrogen-bond acceptors (Lipinski definition) is 8. The van der Waals surface area contributed by atoms with Crippen LogP contribution < -0.4 is 0 Å². The average molecular weight is 262 g/mol. The largest absolute Gasteiger partial charge is 0.468 e. The van der Waals surface area contributed by atoms with Gasteiger partial charge in [-0.25, -0.2) is 0 Å². The molecule has 13 heavy (non-hydrogen) atoms. The van der Waals surface area contributed by atoms with Crippen molar-refractivity contribution in [2.75, 3.05) is 7.11 Å². The predicted molar refractivity (Wildman–Crippen MR) is 46.6 cm³/mol. The van der Waals surface area contributed by atoms with Gasteiger partial charge in [0.15, 0.2) is 0 Å². The van der Waals surface area contributed by atoms with Crippen LogP contribution in [0.25, 0.3) is 0 Å². The molecule has 0 bridgehead atoms. The molecular formula is CH10O8Si4. The van der Waals surface area contributed by atoms with Gasteiger partial charge in [-0.2, -0.15) is 0 Å². The van der Waals surface area contributed by atoms with Gasteiger partial charge in [-0.15, -0.1) is 0 Å². The van der Waals surface area contributed by atoms with Gasteiger partial charge >= 0.3 is 38.1 Å². The molecule has 0 aromatic carbocycles. The molecule has 1 rings (SSSR count). The third-order valence-corrected chi connectivity index (χ3v) is 8.86. The molecule has 0 aromatic rings. The molecule has 1 heterocycles. The Morgan fingerprint density at radius 1 is 0.846 bits per heavy atom. The smallest absolute Gasteiger partial charge is 0.393 e. The normalized spacial score (nSPS) is 42.5. The average Bonchev–Trinajstić information content (AvgIpc) is 1.99. The maximum atomic E-state index is 9.07. The molecule has 0 saturated carbocycles. The van der Waals surface area contributed by atoms with Crippen LogP contribution >= 0.6 is 0 Å². The van der Waals surface area contributed by atoms with E-state index in [-0.39, 0.29) is 0 Å². The fraction of sp³-hybridized carbons (Fsp3) is 1.00. The van der Waals surface area contributed by atoms with Crippen LogP contribution in [0, 0.1) is 0 Å². The predicted octanol–water partition coefficient (Wildman–Crippen LogP) is -4.44. The van der Waals surface area contributed by atoms with E-state index in [1.807, 2.05) is 0 Å². The zero-order valence-electron chi connectivity index (χ0n) is 6.69. The molecule has 0 spiro atoms. The minimum absolute atomic E-state index is 1.33. The molecule has 3 N–H and O–H groups in total. The van der Waals surface area contributed by atoms with Gasteiger partial charge in [-0.1, -0.05) is 0 Å². The van der Waals surface area contributed by atoms with Crippen LogP contribution in [0.4, 0.5) is 0 Å². The molecule has 78 valence electrons. The quantitative estimate of drug-likeness (QED) is 0.406. The molecule has 1 aliphatic heterocycles. The first-order valence-corrected chi connectivity index (χ1v) is 9.10. The van der Waals surface area contributed by atoms with Crippen LogP contribution in [-0.2, 0) is 20.9 Å². The van der Waals surface area contributed by atoms with E-state index in [9.17, 15) is 0 Å². The summed E-state index contributed by atoms with van der Waals surface area (Å²) < 4.78 is 23.5. The van der Waals surface area contributed by atoms with Crippen molar-refractivity contribution in [1.29, 1.82) is 0 Å². The highest BCUT2D eigenvalue weighted by Crippen LogP contribution is 2.03. The van der Waals surface area contributed by atoms with Crippen LogP contribution in [-0.4, -0.2) is 59.6 Å². The fourth-order valence-electron chi connectivity index (χ4n) is 0.629. The first-order chi connectivity index (χ1) is 6.11. The molecule has 8 nitrogen and oxygen atoms in total. The van der Waals surface area contributed by atoms with E-state index in [0.29, 0.717) is 0 Å². The molecule has 0 radical (unpaired) electrons. The molecule has 2 unspecified atom stereocenters. The van der Waals surface area contributed by atoms with Crippen LogP contribution in [0.5, 0.6) is 0 Å². The SMILES string of the molecule is CO[SiH]1O[SiH](O)O[SiH](O)O[SiH](O)O1. The highest BCUT2D eigenvalue weighted by Gasteiger charge is 2.34. The van der Waals surface area contributed by atoms with Gasteiger partial charge in [0.05, 0.1) is 0 Å². The zero-order chi connectivity index (χ0) is 9.84. The molecule has 0 aliphatic carbocycles. The molecule has 0 aromatic heterocycles. The Morgan fingerprint density at radius 2 is 1.23 bits per heavy atom. The summed E-state index contributed by atoms with van der Waals surface area (Å²) in [5.74, 6) is 0. The molecule has 1 aliphatic rings. The van der Waals surface area contributed by atoms with Gasteiger partial charge in [0, 0.05) is 7.11 Å². The summed E-state index contributed by atoms with van der Waals surface area (Å²) in [6.07, 6.45) is 0. The topological polar surface area (TPSA) is 107 Å². The van der Waals surface area contributed by atoms with E-state index < -0.39 is 38.1 Å². The molecule has 0 amide bonds. The maximum absolute atomic E-state index is 9.07. The van der Waals surface area contributed by atoms with E-state index in [2.05, 4.69) is 8.23 Å². The molecular weight excluding hydrogens is 252 g/mol. The Morgan fingerprint density at radius 3 is 1.62 bits per heavy atom. The number of rotatable bonds is 1. The van der Waals surface area contributed by atoms with Gasteiger partial charge in [0.2, 0.25) is 0 Å². The maximum Gasteiger partial charge on any atom is 0.468 e. The second kappa shape index (κ2) is 5.43. The Hall–Kier alpha value is 0.548. The minimum atomic E-state index is -2.98. The fourth-order valence-corrected chi connectivity index (χ4v) is 7.97. The Balaban J connectivity index is 2.48. The van der Waals surface area contributed by atoms with Crippen molar-refractivity contribution < 1.29 is 35.3 Å². The Kier molecular flexibility index (Phi) is 4.86. The second-order valence-electron chi connectivity index (χ2n) is 1.99. The van der Waals surface area contributed by atoms with E-state index in [0.717, 1.165) is 0 Å². The summed E-state index contributed by atoms with van der Waals surface area (Å²) in [6.45, 7) is 0. The first-order valence-electron chi connectivity index (χ1n) is 3.30. The zero-order valence-corrected chi connectivity index (χ0v) is 11.3. The van der Waals surface area contributed by atoms with Crippen molar-refractivity contribution in [2.45, 2.75) is 0 Å². The lowest BCUT2D eigenvalue weighted by molar-refractivity contribution is 0.122. The summed E-state index contributed by atoms with van der Waals surface area (Å²) in [5.41, 5.74) is 0. The third-order valence-electron chi connectivity index (χ3n) is 1.11. The lowest BCUT2D eigenvalue weighted by Gasteiger charge is -2.25. The standard InChI is InChI=1S/CH10O8Si4/c1-5-13-8-11(3)6-10(2)7-12(4)9-13/h2-4,10-13H,1H3. The highest BCUT2D eigenvalue weighted by atomic mass is 28.5. The summed E-state index contributed by atoms with van der Waals surface area (Å²) in [4.78, 5) is 27.1. The van der Waals surface area contributed by atoms with Crippen LogP contribution in [0.1, 0.15) is 0 Å². The van der Waals surface area contributed by atoms with Gasteiger partial charge in [0.1, 0.15) is 0 Å². The third kappa shape index (κ3) is 4.06. The summed E-state index contributed by atoms with van der Waals surface area (Å²) in [6, 6.07) is 0. The van der Waals surface area contributed by atoms with Gasteiger partial charge in [0.25, 0.3) is 0 Å². The van der Waals surface area contributed by atoms with Crippen molar-refractivity contribution in [2.24, 2.45) is 0 Å². The minimum Gasteiger partial charge on any atom is -0.393 e. The van der Waals surface area contributed by atoms with Crippen molar-refractivity contribution in [1.82, 2.24) is 0 Å². The van der Waals surface area contributed by atoms with Crippen LogP contribution in [0.3, 0.4) is 0 Å². The number of hydrogen-bond donors (Lipinski definition) is 3. The molecule has 1 saturated heterocycles. The van der Waals surface area contributed by atoms with E-state index in [1.54, 1.807) is 0 Å². The second-order valence-corrected chi connectivity index (χ2v) is 9.24. The molecule has 1 fully saturated rings. The van der Waals surface area contributed by atoms with Crippen LogP contribution in [0.15, 0.2) is 0 Å². The monoisotopic (exact) mass is 262 g/mol. The first kappa shape index (κ1) is 11.6. The van der Waals surface area contributed by atoms with Crippen molar-refractivity contribution in [3.8, 4) is 0 Å². The molecule has 2 atom stereocenters. The Bertz CT molecular complexity index is 141. The lowest BCUT2D eigenvalue weighted by Crippen LogP contribution is -2.49.